The van der Waals surface area contributed by atoms with Gasteiger partial charge in [-0.15, -0.1) is 0 Å². The monoisotopic (exact) mass is 460 g/mol. The van der Waals surface area contributed by atoms with Gasteiger partial charge in [0.15, 0.2) is 17.3 Å². The van der Waals surface area contributed by atoms with Gasteiger partial charge < -0.3 is 29.9 Å². The highest BCUT2D eigenvalue weighted by molar-refractivity contribution is 6.21. The third kappa shape index (κ3) is 1.73. The van der Waals surface area contributed by atoms with Crippen molar-refractivity contribution >= 4 is 28.5 Å². The fourth-order valence-corrected chi connectivity index (χ4v) is 6.61. The van der Waals surface area contributed by atoms with Crippen LogP contribution in [0.3, 0.4) is 0 Å². The number of aromatic hydroxyl groups is 3. The van der Waals surface area contributed by atoms with Crippen LogP contribution in [-0.4, -0.2) is 50.9 Å². The second-order valence-corrected chi connectivity index (χ2v) is 9.37. The number of Topliss-reactive ketones (excluding diaryl/α,β-unsaturated/α-hetero) is 1. The summed E-state index contributed by atoms with van der Waals surface area (Å²) in [6, 6.07) is 2.68. The van der Waals surface area contributed by atoms with E-state index in [-0.39, 0.29) is 51.3 Å². The Labute approximate surface area is 190 Å². The lowest BCUT2D eigenvalue weighted by Gasteiger charge is -2.43. The highest BCUT2D eigenvalue weighted by Crippen LogP contribution is 2.66. The fraction of sp³-hybridized carbons (Fsp3) is 0.240. The molecule has 0 radical (unpaired) electrons. The average Bonchev–Trinajstić information content (AvgIpc) is 3.19. The number of ketones is 1. The van der Waals surface area contributed by atoms with Gasteiger partial charge in [-0.3, -0.25) is 4.79 Å². The van der Waals surface area contributed by atoms with E-state index in [4.69, 9.17) is 9.47 Å². The molecule has 3 unspecified atom stereocenters. The van der Waals surface area contributed by atoms with E-state index in [1.54, 1.807) is 13.8 Å². The normalized spacial score (nSPS) is 25.3. The van der Waals surface area contributed by atoms with Crippen molar-refractivity contribution in [2.75, 3.05) is 6.61 Å². The number of ether oxygens (including phenoxy) is 2. The minimum Gasteiger partial charge on any atom is -0.507 e. The number of phenolic OH excluding ortho intramolecular Hbond substituents is 3. The van der Waals surface area contributed by atoms with Crippen LogP contribution in [0.15, 0.2) is 12.1 Å². The van der Waals surface area contributed by atoms with Gasteiger partial charge in [0.05, 0.1) is 17.4 Å². The summed E-state index contributed by atoms with van der Waals surface area (Å²) in [4.78, 5) is 39.1. The first-order valence-corrected chi connectivity index (χ1v) is 10.7. The fourth-order valence-electron chi connectivity index (χ4n) is 6.61. The molecule has 0 saturated heterocycles. The lowest BCUT2D eigenvalue weighted by molar-refractivity contribution is 0.00719. The highest BCUT2D eigenvalue weighted by Gasteiger charge is 2.66. The number of benzene rings is 3. The smallest absolute Gasteiger partial charge is 0.348 e. The largest absolute Gasteiger partial charge is 0.507 e. The van der Waals surface area contributed by atoms with Crippen LogP contribution in [0.25, 0.3) is 10.8 Å². The highest BCUT2D eigenvalue weighted by atomic mass is 16.5. The zero-order valence-electron chi connectivity index (χ0n) is 17.8. The van der Waals surface area contributed by atoms with Crippen molar-refractivity contribution in [1.29, 1.82) is 0 Å². The number of cyclic esters (lactones) is 1. The summed E-state index contributed by atoms with van der Waals surface area (Å²) >= 11 is 0. The summed E-state index contributed by atoms with van der Waals surface area (Å²) in [7, 11) is 0. The number of fused-ring (bicyclic) bond motifs is 4. The van der Waals surface area contributed by atoms with E-state index in [9.17, 15) is 34.8 Å². The predicted molar refractivity (Wildman–Crippen MR) is 114 cm³/mol. The SMILES string of the molecule is Cc1cc(O)c2c3c1C(=O)C1c4c(c(O)c5c6c(c(O)cc(C)c46)C(=O)O5)C3(COC2=O)C1O. The molecule has 0 aromatic heterocycles. The van der Waals surface area contributed by atoms with Crippen LogP contribution in [0.5, 0.6) is 23.0 Å². The maximum atomic E-state index is 13.9. The Bertz CT molecular complexity index is 1620. The van der Waals surface area contributed by atoms with Crippen molar-refractivity contribution < 1.29 is 44.3 Å². The number of aliphatic hydroxyl groups excluding tert-OH is 1. The topological polar surface area (TPSA) is 151 Å². The molecule has 2 aliphatic heterocycles. The van der Waals surface area contributed by atoms with Gasteiger partial charge in [-0.2, -0.15) is 0 Å². The van der Waals surface area contributed by atoms with Gasteiger partial charge in [-0.1, -0.05) is 0 Å². The van der Waals surface area contributed by atoms with Crippen LogP contribution in [0.1, 0.15) is 64.8 Å². The molecular weight excluding hydrogens is 444 g/mol. The van der Waals surface area contributed by atoms with Crippen molar-refractivity contribution in [3.8, 4) is 23.0 Å². The third-order valence-electron chi connectivity index (χ3n) is 7.81. The molecule has 4 N–H and O–H groups in total. The first kappa shape index (κ1) is 19.4. The molecule has 1 spiro atoms. The van der Waals surface area contributed by atoms with Gasteiger partial charge in [-0.25, -0.2) is 9.59 Å². The Morgan fingerprint density at radius 3 is 2.29 bits per heavy atom. The quantitative estimate of drug-likeness (QED) is 0.292. The van der Waals surface area contributed by atoms with Crippen molar-refractivity contribution in [2.45, 2.75) is 31.3 Å². The molecule has 2 bridgehead atoms. The van der Waals surface area contributed by atoms with Crippen LogP contribution in [0.2, 0.25) is 0 Å². The molecule has 2 heterocycles. The van der Waals surface area contributed by atoms with E-state index in [0.29, 0.717) is 22.1 Å². The van der Waals surface area contributed by atoms with Crippen LogP contribution in [0, 0.1) is 13.8 Å². The van der Waals surface area contributed by atoms with Gasteiger partial charge in [-0.05, 0) is 53.6 Å². The van der Waals surface area contributed by atoms with Crippen LogP contribution in [-0.2, 0) is 10.2 Å². The maximum absolute atomic E-state index is 13.9. The molecule has 9 heteroatoms. The van der Waals surface area contributed by atoms with E-state index >= 15 is 0 Å². The van der Waals surface area contributed by atoms with Crippen molar-refractivity contribution in [2.24, 2.45) is 0 Å². The second kappa shape index (κ2) is 5.51. The van der Waals surface area contributed by atoms with Crippen LogP contribution >= 0.6 is 0 Å². The molecule has 4 aliphatic rings. The zero-order chi connectivity index (χ0) is 24.0. The summed E-state index contributed by atoms with van der Waals surface area (Å²) in [5, 5.41) is 44.7. The van der Waals surface area contributed by atoms with E-state index in [1.807, 2.05) is 0 Å². The Morgan fingerprint density at radius 2 is 1.56 bits per heavy atom. The minimum atomic E-state index is -1.57. The number of aryl methyl sites for hydroxylation is 2. The number of phenols is 3. The second-order valence-electron chi connectivity index (χ2n) is 9.37. The summed E-state index contributed by atoms with van der Waals surface area (Å²) in [5.74, 6) is -4.69. The summed E-state index contributed by atoms with van der Waals surface area (Å²) in [6.45, 7) is 2.91. The number of hydrogen-bond acceptors (Lipinski definition) is 9. The van der Waals surface area contributed by atoms with Crippen molar-refractivity contribution in [3.63, 3.8) is 0 Å². The van der Waals surface area contributed by atoms with Gasteiger partial charge in [0.1, 0.15) is 29.2 Å². The molecule has 3 aromatic rings. The Hall–Kier alpha value is -4.11. The summed E-state index contributed by atoms with van der Waals surface area (Å²) < 4.78 is 10.7. The molecule has 0 saturated carbocycles. The van der Waals surface area contributed by atoms with Gasteiger partial charge in [0.2, 0.25) is 0 Å². The zero-order valence-corrected chi connectivity index (χ0v) is 17.8. The molecule has 7 rings (SSSR count). The number of carbonyl (C=O) groups is 3. The maximum Gasteiger partial charge on any atom is 0.348 e. The first-order chi connectivity index (χ1) is 16.1. The molecule has 9 nitrogen and oxygen atoms in total. The van der Waals surface area contributed by atoms with Crippen LogP contribution < -0.4 is 4.74 Å². The number of carbonyl (C=O) groups excluding carboxylic acids is 3. The molecule has 0 amide bonds. The minimum absolute atomic E-state index is 0.108. The van der Waals surface area contributed by atoms with E-state index in [2.05, 4.69) is 0 Å². The van der Waals surface area contributed by atoms with E-state index in [1.165, 1.54) is 12.1 Å². The number of esters is 2. The predicted octanol–water partition coefficient (Wildman–Crippen LogP) is 2.22. The van der Waals surface area contributed by atoms with Gasteiger partial charge >= 0.3 is 11.9 Å². The molecule has 170 valence electrons. The van der Waals surface area contributed by atoms with Crippen molar-refractivity contribution in [3.05, 3.63) is 56.6 Å². The third-order valence-corrected chi connectivity index (χ3v) is 7.81. The van der Waals surface area contributed by atoms with E-state index < -0.39 is 46.7 Å². The van der Waals surface area contributed by atoms with Crippen LogP contribution in [0.4, 0.5) is 0 Å². The molecule has 3 atom stereocenters. The average molecular weight is 460 g/mol. The summed E-state index contributed by atoms with van der Waals surface area (Å²) in [6.07, 6.45) is -1.42. The first-order valence-electron chi connectivity index (χ1n) is 10.7. The van der Waals surface area contributed by atoms with Gasteiger partial charge in [0.25, 0.3) is 0 Å². The lowest BCUT2D eigenvalue weighted by atomic mass is 9.63. The van der Waals surface area contributed by atoms with Gasteiger partial charge in [0, 0.05) is 16.5 Å². The number of aliphatic hydroxyl groups is 1. The molecule has 3 aromatic carbocycles. The van der Waals surface area contributed by atoms with Crippen molar-refractivity contribution in [1.82, 2.24) is 0 Å². The number of hydrogen-bond donors (Lipinski definition) is 4. The number of rotatable bonds is 0. The Kier molecular flexibility index (Phi) is 3.14. The molecular formula is C25H16O9. The summed E-state index contributed by atoms with van der Waals surface area (Å²) in [5.41, 5.74) is -0.289. The molecule has 2 aliphatic carbocycles. The molecule has 0 fully saturated rings. The molecule has 34 heavy (non-hydrogen) atoms. The lowest BCUT2D eigenvalue weighted by Crippen LogP contribution is -2.52. The Balaban J connectivity index is 1.76. The standard InChI is InChI=1S/C25H16O9/c1-6-3-8(26)12-15-10(6)14-16-19(28)11-7(2)4-9(27)13-17(11)25(22(16)30,5-33-23(13)31)18(14)20(29)21(15)34-24(12)32/h3-4,16,22,26-27,29-30H,5H2,1-2H3. The van der Waals surface area contributed by atoms with E-state index in [0.717, 1.165) is 0 Å². The Morgan fingerprint density at radius 1 is 0.882 bits per heavy atom.